The molecule has 1 aliphatic rings. The number of aromatic nitrogens is 4. The van der Waals surface area contributed by atoms with E-state index in [1.165, 1.54) is 0 Å². The first-order chi connectivity index (χ1) is 18.7. The second-order valence-electron chi connectivity index (χ2n) is 10.3. The molecule has 9 nitrogen and oxygen atoms in total. The lowest BCUT2D eigenvalue weighted by molar-refractivity contribution is 0.0240. The lowest BCUT2D eigenvalue weighted by Crippen LogP contribution is -2.50. The molecule has 5 rings (SSSR count). The molecule has 1 atom stereocenters. The number of pyridine rings is 1. The number of piperazine rings is 1. The molecule has 3 aromatic heterocycles. The fourth-order valence-corrected chi connectivity index (χ4v) is 5.99. The topological polar surface area (TPSA) is 85.5 Å². The summed E-state index contributed by atoms with van der Waals surface area (Å²) in [6, 6.07) is 11.3. The van der Waals surface area contributed by atoms with E-state index in [1.54, 1.807) is 32.9 Å². The number of aryl methyl sites for hydroxylation is 1. The van der Waals surface area contributed by atoms with Crippen molar-refractivity contribution in [3.8, 4) is 23.1 Å². The molecule has 0 spiro atoms. The SMILES string of the molecule is CC#Cc1c(-c2cnn(C)c2)n(S(=O)c2ccccc2)c2nccc(N3CCN(C(=O)OC(C)(C)C)CC3)c12. The van der Waals surface area contributed by atoms with Crippen LogP contribution in [0.3, 0.4) is 0 Å². The van der Waals surface area contributed by atoms with Crippen molar-refractivity contribution in [3.63, 3.8) is 0 Å². The Morgan fingerprint density at radius 1 is 1.08 bits per heavy atom. The van der Waals surface area contributed by atoms with E-state index in [0.717, 1.165) is 22.2 Å². The van der Waals surface area contributed by atoms with Crippen molar-refractivity contribution in [2.24, 2.45) is 7.05 Å². The van der Waals surface area contributed by atoms with Crippen LogP contribution in [-0.2, 0) is 22.8 Å². The minimum Gasteiger partial charge on any atom is -0.444 e. The van der Waals surface area contributed by atoms with Crippen LogP contribution < -0.4 is 4.90 Å². The molecule has 4 heterocycles. The van der Waals surface area contributed by atoms with Gasteiger partial charge in [-0.15, -0.1) is 5.92 Å². The van der Waals surface area contributed by atoms with E-state index in [0.29, 0.717) is 42.4 Å². The molecule has 10 heteroatoms. The summed E-state index contributed by atoms with van der Waals surface area (Å²) < 4.78 is 23.1. The number of carbonyl (C=O) groups is 1. The van der Waals surface area contributed by atoms with Crippen LogP contribution >= 0.6 is 0 Å². The maximum absolute atomic E-state index is 14.1. The highest BCUT2D eigenvalue weighted by Gasteiger charge is 2.30. The Bertz CT molecular complexity index is 1600. The summed E-state index contributed by atoms with van der Waals surface area (Å²) in [5.74, 6) is 6.35. The molecule has 1 amide bonds. The largest absolute Gasteiger partial charge is 0.444 e. The van der Waals surface area contributed by atoms with Gasteiger partial charge in [0.2, 0.25) is 0 Å². The van der Waals surface area contributed by atoms with Crippen molar-refractivity contribution in [1.29, 1.82) is 0 Å². The molecule has 4 aromatic rings. The van der Waals surface area contributed by atoms with Crippen LogP contribution in [0.2, 0.25) is 0 Å². The van der Waals surface area contributed by atoms with E-state index >= 15 is 0 Å². The molecular weight excluding hydrogens is 512 g/mol. The van der Waals surface area contributed by atoms with E-state index < -0.39 is 16.6 Å². The molecule has 1 unspecified atom stereocenters. The van der Waals surface area contributed by atoms with Crippen molar-refractivity contribution < 1.29 is 13.7 Å². The smallest absolute Gasteiger partial charge is 0.410 e. The molecule has 202 valence electrons. The molecule has 39 heavy (non-hydrogen) atoms. The van der Waals surface area contributed by atoms with Crippen molar-refractivity contribution in [3.05, 3.63) is 60.6 Å². The second-order valence-corrected chi connectivity index (χ2v) is 11.7. The first-order valence-corrected chi connectivity index (χ1v) is 13.9. The molecule has 0 radical (unpaired) electrons. The molecule has 0 N–H and O–H groups in total. The zero-order valence-corrected chi connectivity index (χ0v) is 23.7. The van der Waals surface area contributed by atoms with E-state index in [4.69, 9.17) is 9.72 Å². The van der Waals surface area contributed by atoms with E-state index in [-0.39, 0.29) is 6.09 Å². The normalized spacial score (nSPS) is 14.7. The van der Waals surface area contributed by atoms with Crippen LogP contribution in [-0.4, -0.2) is 65.7 Å². The number of anilines is 1. The van der Waals surface area contributed by atoms with Gasteiger partial charge in [-0.2, -0.15) is 5.10 Å². The first-order valence-electron chi connectivity index (χ1n) is 12.8. The van der Waals surface area contributed by atoms with Gasteiger partial charge in [0, 0.05) is 51.2 Å². The minimum atomic E-state index is -1.58. The highest BCUT2D eigenvalue weighted by molar-refractivity contribution is 7.83. The van der Waals surface area contributed by atoms with Crippen LogP contribution in [0.1, 0.15) is 33.3 Å². The fraction of sp³-hybridized carbons (Fsp3) is 0.345. The summed E-state index contributed by atoms with van der Waals surface area (Å²) in [5.41, 5.74) is 3.25. The predicted molar refractivity (Wildman–Crippen MR) is 153 cm³/mol. The molecular formula is C29H32N6O3S. The standard InChI is InChI=1S/C29H32N6O3S/c1-6-10-23-25-24(33-15-17-34(18-16-33)28(36)38-29(2,3)4)13-14-30-27(25)35(26(23)21-19-31-32(5)20-21)39(37)22-11-8-7-9-12-22/h7-9,11-14,19-20H,15-18H2,1-5H3. The van der Waals surface area contributed by atoms with Crippen LogP contribution in [0, 0.1) is 11.8 Å². The molecule has 1 aliphatic heterocycles. The first kappa shape index (κ1) is 26.5. The fourth-order valence-electron chi connectivity index (χ4n) is 4.74. The monoisotopic (exact) mass is 544 g/mol. The zero-order valence-electron chi connectivity index (χ0n) is 22.8. The third-order valence-corrected chi connectivity index (χ3v) is 7.76. The third kappa shape index (κ3) is 5.27. The quantitative estimate of drug-likeness (QED) is 0.353. The number of benzene rings is 1. The Kier molecular flexibility index (Phi) is 7.19. The van der Waals surface area contributed by atoms with Crippen molar-refractivity contribution in [2.75, 3.05) is 31.1 Å². The average Bonchev–Trinajstić information content (AvgIpc) is 3.49. The second kappa shape index (κ2) is 10.6. The van der Waals surface area contributed by atoms with Crippen molar-refractivity contribution in [1.82, 2.24) is 23.6 Å². The van der Waals surface area contributed by atoms with Gasteiger partial charge in [-0.05, 0) is 45.9 Å². The van der Waals surface area contributed by atoms with Crippen LogP contribution in [0.4, 0.5) is 10.5 Å². The number of rotatable bonds is 4. The molecule has 1 fully saturated rings. The number of hydrogen-bond acceptors (Lipinski definition) is 6. The van der Waals surface area contributed by atoms with Gasteiger partial charge in [-0.25, -0.2) is 18.0 Å². The maximum atomic E-state index is 14.1. The van der Waals surface area contributed by atoms with Gasteiger partial charge < -0.3 is 14.5 Å². The van der Waals surface area contributed by atoms with Crippen molar-refractivity contribution in [2.45, 2.75) is 38.2 Å². The Hall–Kier alpha value is -4.10. The molecule has 1 saturated heterocycles. The molecule has 1 aromatic carbocycles. The third-order valence-electron chi connectivity index (χ3n) is 6.40. The minimum absolute atomic E-state index is 0.303. The molecule has 0 bridgehead atoms. The highest BCUT2D eigenvalue weighted by Crippen LogP contribution is 2.39. The van der Waals surface area contributed by atoms with Gasteiger partial charge in [-0.1, -0.05) is 24.1 Å². The van der Waals surface area contributed by atoms with E-state index in [9.17, 15) is 9.00 Å². The van der Waals surface area contributed by atoms with E-state index in [2.05, 4.69) is 21.8 Å². The Morgan fingerprint density at radius 3 is 2.41 bits per heavy atom. The van der Waals surface area contributed by atoms with Gasteiger partial charge in [0.05, 0.1) is 33.4 Å². The molecule has 0 saturated carbocycles. The average molecular weight is 545 g/mol. The number of ether oxygens (including phenoxy) is 1. The van der Waals surface area contributed by atoms with E-state index in [1.807, 2.05) is 70.4 Å². The summed E-state index contributed by atoms with van der Waals surface area (Å²) in [6.45, 7) is 9.69. The number of hydrogen-bond donors (Lipinski definition) is 0. The zero-order chi connectivity index (χ0) is 27.7. The van der Waals surface area contributed by atoms with Crippen molar-refractivity contribution >= 4 is 33.8 Å². The Balaban J connectivity index is 1.63. The summed E-state index contributed by atoms with van der Waals surface area (Å²) >= 11 is 0. The summed E-state index contributed by atoms with van der Waals surface area (Å²) in [6.07, 6.45) is 5.09. The van der Waals surface area contributed by atoms with Gasteiger partial charge in [-0.3, -0.25) is 4.68 Å². The number of carbonyl (C=O) groups excluding carboxylic acids is 1. The lowest BCUT2D eigenvalue weighted by atomic mass is 10.1. The number of nitrogens with zero attached hydrogens (tertiary/aromatic N) is 6. The highest BCUT2D eigenvalue weighted by atomic mass is 32.2. The summed E-state index contributed by atoms with van der Waals surface area (Å²) in [7, 11) is 0.270. The Labute approximate surface area is 231 Å². The van der Waals surface area contributed by atoms with Gasteiger partial charge in [0.15, 0.2) is 16.6 Å². The lowest BCUT2D eigenvalue weighted by Gasteiger charge is -2.37. The van der Waals surface area contributed by atoms with Gasteiger partial charge in [0.1, 0.15) is 5.60 Å². The predicted octanol–water partition coefficient (Wildman–Crippen LogP) is 4.44. The van der Waals surface area contributed by atoms with Gasteiger partial charge in [0.25, 0.3) is 0 Å². The van der Waals surface area contributed by atoms with Crippen LogP contribution in [0.15, 0.2) is 59.9 Å². The van der Waals surface area contributed by atoms with Crippen LogP contribution in [0.5, 0.6) is 0 Å². The van der Waals surface area contributed by atoms with Gasteiger partial charge >= 0.3 is 6.09 Å². The molecule has 0 aliphatic carbocycles. The maximum Gasteiger partial charge on any atom is 0.410 e. The summed E-state index contributed by atoms with van der Waals surface area (Å²) in [4.78, 5) is 22.0. The number of fused-ring (bicyclic) bond motifs is 1. The number of amides is 1. The summed E-state index contributed by atoms with van der Waals surface area (Å²) in [5, 5.41) is 5.21. The Morgan fingerprint density at radius 2 is 1.79 bits per heavy atom. The van der Waals surface area contributed by atoms with Crippen LogP contribution in [0.25, 0.3) is 22.3 Å².